The van der Waals surface area contributed by atoms with Crippen molar-refractivity contribution in [2.24, 2.45) is 11.7 Å². The monoisotopic (exact) mass is 514 g/mol. The average molecular weight is 515 g/mol. The highest BCUT2D eigenvalue weighted by Gasteiger charge is 2.30. The number of aryl methyl sites for hydroxylation is 1. The molecule has 204 valence electrons. The molecule has 1 aliphatic rings. The molecule has 2 heterocycles. The molecular weight excluding hydrogens is 471 g/mol. The number of rotatable bonds is 12. The number of amides is 1. The van der Waals surface area contributed by atoms with E-state index in [-0.39, 0.29) is 0 Å². The summed E-state index contributed by atoms with van der Waals surface area (Å²) in [4.78, 5) is 19.9. The molecule has 7 nitrogen and oxygen atoms in total. The minimum Gasteiger partial charge on any atom is -0.492 e. The number of ether oxygens (including phenoxy) is 1. The fourth-order valence-electron chi connectivity index (χ4n) is 4.79. The zero-order chi connectivity index (χ0) is 27.2. The number of aliphatic hydroxyl groups excluding tert-OH is 1. The van der Waals surface area contributed by atoms with E-state index in [0.29, 0.717) is 37.5 Å². The second-order valence-electron chi connectivity index (χ2n) is 10.5. The molecule has 0 bridgehead atoms. The zero-order valence-electron chi connectivity index (χ0n) is 22.9. The average Bonchev–Trinajstić information content (AvgIpc) is 2.91. The Balaban J connectivity index is 1.53. The number of hydrogen-bond donors (Lipinski definition) is 2. The van der Waals surface area contributed by atoms with Gasteiger partial charge in [0.2, 0.25) is 5.91 Å². The molecule has 2 unspecified atom stereocenters. The Morgan fingerprint density at radius 1 is 1.27 bits per heavy atom. The number of likely N-dealkylation sites (tertiary alicyclic amines) is 1. The van der Waals surface area contributed by atoms with Crippen LogP contribution in [0.3, 0.4) is 0 Å². The number of carbonyl (C=O) groups excluding carboxylic acids is 1. The standard InChI is InChI=1S/C29H43FN4O3/c1-6-29(30,7-2)19-34-14-12-22(13-15-34)18-37-24-9-11-26(32-17-24)23-8-10-25(20(3)16-23)28(36)33(5)21(4)27(31)35/h8-11,16-17,21-22,28,36H,6-7,12-15,18-19H2,1-5H3,(H2,31,35). The van der Waals surface area contributed by atoms with Crippen LogP contribution in [0, 0.1) is 12.8 Å². The molecule has 3 N–H and O–H groups in total. The lowest BCUT2D eigenvalue weighted by Gasteiger charge is -2.36. The van der Waals surface area contributed by atoms with Crippen molar-refractivity contribution < 1.29 is 19.0 Å². The number of carbonyl (C=O) groups is 1. The highest BCUT2D eigenvalue weighted by Crippen LogP contribution is 2.28. The molecule has 1 aromatic carbocycles. The normalized spacial score (nSPS) is 17.1. The Hall–Kier alpha value is -2.55. The minimum atomic E-state index is -1.07. The van der Waals surface area contributed by atoms with Gasteiger partial charge in [0.1, 0.15) is 17.6 Å². The summed E-state index contributed by atoms with van der Waals surface area (Å²) in [5, 5.41) is 10.7. The molecule has 2 aromatic rings. The third-order valence-corrected chi connectivity index (χ3v) is 7.96. The third-order valence-electron chi connectivity index (χ3n) is 7.96. The quantitative estimate of drug-likeness (QED) is 0.406. The largest absolute Gasteiger partial charge is 0.492 e. The lowest BCUT2D eigenvalue weighted by Crippen LogP contribution is -2.44. The Morgan fingerprint density at radius 2 is 1.95 bits per heavy atom. The minimum absolute atomic E-state index is 0.463. The van der Waals surface area contributed by atoms with Gasteiger partial charge in [0.15, 0.2) is 0 Å². The van der Waals surface area contributed by atoms with Crippen molar-refractivity contribution in [3.63, 3.8) is 0 Å². The summed E-state index contributed by atoms with van der Waals surface area (Å²) in [7, 11) is 1.67. The number of pyridine rings is 1. The molecular formula is C29H43FN4O3. The first kappa shape index (κ1) is 29.0. The molecule has 2 atom stereocenters. The van der Waals surface area contributed by atoms with E-state index >= 15 is 0 Å². The van der Waals surface area contributed by atoms with Crippen molar-refractivity contribution >= 4 is 5.91 Å². The first-order valence-corrected chi connectivity index (χ1v) is 13.4. The molecule has 0 aliphatic carbocycles. The van der Waals surface area contributed by atoms with Crippen LogP contribution in [0.5, 0.6) is 5.75 Å². The van der Waals surface area contributed by atoms with Crippen molar-refractivity contribution in [3.8, 4) is 17.0 Å². The van der Waals surface area contributed by atoms with Crippen LogP contribution in [0.15, 0.2) is 36.5 Å². The van der Waals surface area contributed by atoms with Gasteiger partial charge >= 0.3 is 0 Å². The van der Waals surface area contributed by atoms with Crippen LogP contribution in [0.25, 0.3) is 11.3 Å². The summed E-state index contributed by atoms with van der Waals surface area (Å²) in [6, 6.07) is 9.01. The number of piperidine rings is 1. The Kier molecular flexibility index (Phi) is 10.0. The van der Waals surface area contributed by atoms with Gasteiger partial charge in [-0.1, -0.05) is 26.0 Å². The number of nitrogens with two attached hydrogens (primary N) is 1. The van der Waals surface area contributed by atoms with Crippen molar-refractivity contribution in [3.05, 3.63) is 47.7 Å². The maximum atomic E-state index is 14.7. The molecule has 0 radical (unpaired) electrons. The smallest absolute Gasteiger partial charge is 0.234 e. The van der Waals surface area contributed by atoms with Gasteiger partial charge in [-0.25, -0.2) is 4.39 Å². The molecule has 1 aliphatic heterocycles. The molecule has 37 heavy (non-hydrogen) atoms. The van der Waals surface area contributed by atoms with E-state index < -0.39 is 23.8 Å². The number of aromatic nitrogens is 1. The number of alkyl halides is 1. The summed E-state index contributed by atoms with van der Waals surface area (Å²) >= 11 is 0. The highest BCUT2D eigenvalue weighted by molar-refractivity contribution is 5.79. The first-order chi connectivity index (χ1) is 17.6. The molecule has 0 spiro atoms. The van der Waals surface area contributed by atoms with Gasteiger partial charge in [0.05, 0.1) is 24.5 Å². The van der Waals surface area contributed by atoms with Gasteiger partial charge in [-0.3, -0.25) is 14.7 Å². The van der Waals surface area contributed by atoms with E-state index in [9.17, 15) is 14.3 Å². The number of halogens is 1. The second-order valence-corrected chi connectivity index (χ2v) is 10.5. The van der Waals surface area contributed by atoms with Gasteiger partial charge in [0, 0.05) is 12.1 Å². The van der Waals surface area contributed by atoms with E-state index in [2.05, 4.69) is 9.88 Å². The van der Waals surface area contributed by atoms with Crippen LogP contribution in [0.1, 0.15) is 63.8 Å². The van der Waals surface area contributed by atoms with Crippen LogP contribution in [0.4, 0.5) is 4.39 Å². The van der Waals surface area contributed by atoms with Gasteiger partial charge < -0.3 is 20.5 Å². The number of likely N-dealkylation sites (N-methyl/N-ethyl adjacent to an activating group) is 1. The molecule has 1 amide bonds. The number of nitrogens with zero attached hydrogens (tertiary/aromatic N) is 3. The van der Waals surface area contributed by atoms with Crippen LogP contribution in [0.2, 0.25) is 0 Å². The van der Waals surface area contributed by atoms with Crippen molar-refractivity contribution in [1.82, 2.24) is 14.8 Å². The lowest BCUT2D eigenvalue weighted by molar-refractivity contribution is -0.126. The summed E-state index contributed by atoms with van der Waals surface area (Å²) in [5.41, 5.74) is 7.65. The maximum absolute atomic E-state index is 14.7. The van der Waals surface area contributed by atoms with E-state index in [1.165, 1.54) is 0 Å². The fraction of sp³-hybridized carbons (Fsp3) is 0.586. The number of aliphatic hydroxyl groups is 1. The molecule has 1 fully saturated rings. The predicted octanol–water partition coefficient (Wildman–Crippen LogP) is 4.47. The summed E-state index contributed by atoms with van der Waals surface area (Å²) in [5.74, 6) is 0.710. The molecule has 3 rings (SSSR count). The van der Waals surface area contributed by atoms with Crippen LogP contribution < -0.4 is 10.5 Å². The summed E-state index contributed by atoms with van der Waals surface area (Å²) in [6.45, 7) is 10.4. The molecule has 1 aromatic heterocycles. The van der Waals surface area contributed by atoms with Crippen molar-refractivity contribution in [2.45, 2.75) is 71.3 Å². The van der Waals surface area contributed by atoms with E-state index in [1.807, 2.05) is 51.1 Å². The van der Waals surface area contributed by atoms with E-state index in [0.717, 1.165) is 48.5 Å². The lowest BCUT2D eigenvalue weighted by atomic mass is 9.94. The van der Waals surface area contributed by atoms with Gasteiger partial charge in [-0.15, -0.1) is 0 Å². The topological polar surface area (TPSA) is 91.9 Å². The van der Waals surface area contributed by atoms with Crippen LogP contribution >= 0.6 is 0 Å². The first-order valence-electron chi connectivity index (χ1n) is 13.4. The highest BCUT2D eigenvalue weighted by atomic mass is 19.1. The maximum Gasteiger partial charge on any atom is 0.234 e. The molecule has 8 heteroatoms. The predicted molar refractivity (Wildman–Crippen MR) is 145 cm³/mol. The Bertz CT molecular complexity index is 1020. The van der Waals surface area contributed by atoms with Crippen molar-refractivity contribution in [1.29, 1.82) is 0 Å². The van der Waals surface area contributed by atoms with Crippen molar-refractivity contribution in [2.75, 3.05) is 33.3 Å². The van der Waals surface area contributed by atoms with Gasteiger partial charge in [0.25, 0.3) is 0 Å². The zero-order valence-corrected chi connectivity index (χ0v) is 22.9. The molecule has 1 saturated heterocycles. The van der Waals surface area contributed by atoms with E-state index in [1.54, 1.807) is 25.1 Å². The van der Waals surface area contributed by atoms with Gasteiger partial charge in [-0.2, -0.15) is 0 Å². The Morgan fingerprint density at radius 3 is 2.49 bits per heavy atom. The SMILES string of the molecule is CCC(F)(CC)CN1CCC(COc2ccc(-c3ccc(C(O)N(C)C(C)C(N)=O)c(C)c3)nc2)CC1. The van der Waals surface area contributed by atoms with Crippen LogP contribution in [-0.2, 0) is 4.79 Å². The second kappa shape index (κ2) is 12.8. The summed E-state index contributed by atoms with van der Waals surface area (Å²) in [6.07, 6.45) is 3.96. The van der Waals surface area contributed by atoms with Gasteiger partial charge in [-0.05, 0) is 94.9 Å². The Labute approximate surface area is 220 Å². The summed E-state index contributed by atoms with van der Waals surface area (Å²) < 4.78 is 20.7. The van der Waals surface area contributed by atoms with Crippen LogP contribution in [-0.4, -0.2) is 70.8 Å². The number of primary amides is 1. The number of benzene rings is 1. The van der Waals surface area contributed by atoms with E-state index in [4.69, 9.17) is 10.5 Å². The fourth-order valence-corrected chi connectivity index (χ4v) is 4.79. The third kappa shape index (κ3) is 7.49. The molecule has 0 saturated carbocycles. The number of hydrogen-bond acceptors (Lipinski definition) is 6.